The number of aliphatic hydroxyl groups is 1. The Morgan fingerprint density at radius 1 is 1.10 bits per heavy atom. The summed E-state index contributed by atoms with van der Waals surface area (Å²) in [7, 11) is 0. The molecule has 3 aromatic rings. The number of β-amino-alcohol motifs (C(OH)–C–C–N with tert-alkyl or cyclic N) is 1. The predicted octanol–water partition coefficient (Wildman–Crippen LogP) is 3.16. The maximum absolute atomic E-state index is 9.65. The van der Waals surface area contributed by atoms with Gasteiger partial charge in [-0.25, -0.2) is 4.98 Å². The summed E-state index contributed by atoms with van der Waals surface area (Å²) in [5.41, 5.74) is 5.43. The molecule has 1 aliphatic rings. The van der Waals surface area contributed by atoms with E-state index in [9.17, 15) is 5.11 Å². The number of hydrogen-bond donors (Lipinski definition) is 2. The minimum atomic E-state index is -0.0889. The van der Waals surface area contributed by atoms with Crippen LogP contribution in [0.4, 0.5) is 0 Å². The molecule has 3 aromatic heterocycles. The van der Waals surface area contributed by atoms with Crippen LogP contribution in [0.25, 0.3) is 5.82 Å². The van der Waals surface area contributed by atoms with Gasteiger partial charge in [0.05, 0.1) is 24.4 Å². The van der Waals surface area contributed by atoms with Crippen LogP contribution in [0.1, 0.15) is 40.3 Å². The molecule has 0 bridgehead atoms. The highest BCUT2D eigenvalue weighted by Crippen LogP contribution is 2.41. The molecule has 1 fully saturated rings. The molecule has 4 rings (SSSR count). The highest BCUT2D eigenvalue weighted by Gasteiger charge is 2.41. The van der Waals surface area contributed by atoms with Crippen molar-refractivity contribution < 1.29 is 5.11 Å². The summed E-state index contributed by atoms with van der Waals surface area (Å²) in [6.45, 7) is 6.78. The number of aromatic nitrogens is 3. The fourth-order valence-electron chi connectivity index (χ4n) is 4.22. The van der Waals surface area contributed by atoms with Crippen molar-refractivity contribution in [3.8, 4) is 5.82 Å². The maximum atomic E-state index is 9.65. The van der Waals surface area contributed by atoms with Gasteiger partial charge >= 0.3 is 0 Å². The Kier molecular flexibility index (Phi) is 5.34. The van der Waals surface area contributed by atoms with E-state index in [0.29, 0.717) is 11.7 Å². The third-order valence-corrected chi connectivity index (χ3v) is 5.87. The lowest BCUT2D eigenvalue weighted by atomic mass is 9.97. The van der Waals surface area contributed by atoms with Crippen LogP contribution >= 0.6 is 12.2 Å². The van der Waals surface area contributed by atoms with Crippen LogP contribution in [0, 0.1) is 20.8 Å². The molecule has 0 aromatic carbocycles. The van der Waals surface area contributed by atoms with Gasteiger partial charge in [-0.15, -0.1) is 0 Å². The van der Waals surface area contributed by atoms with Gasteiger partial charge in [0.25, 0.3) is 0 Å². The first-order valence-corrected chi connectivity index (χ1v) is 10.1. The van der Waals surface area contributed by atoms with Crippen molar-refractivity contribution in [2.75, 3.05) is 13.2 Å². The first-order chi connectivity index (χ1) is 14.0. The molecule has 1 saturated heterocycles. The smallest absolute Gasteiger partial charge is 0.170 e. The van der Waals surface area contributed by atoms with Crippen LogP contribution in [0.2, 0.25) is 0 Å². The van der Waals surface area contributed by atoms with Gasteiger partial charge in [-0.1, -0.05) is 12.1 Å². The normalized spacial score (nSPS) is 18.9. The summed E-state index contributed by atoms with van der Waals surface area (Å²) in [5.74, 6) is 0.936. The molecule has 7 heteroatoms. The standard InChI is InChI=1S/C22H25N5OS/c1-14-7-6-10-24-21(14)27-15(2)13-17(16(27)3)20-19(18-8-4-5-9-23-18)25-22(29)26(20)11-12-28/h4-10,13,19-20,28H,11-12H2,1-3H3,(H,25,29)/t19-,20+/m1/s1. The van der Waals surface area contributed by atoms with E-state index in [1.165, 1.54) is 0 Å². The monoisotopic (exact) mass is 407 g/mol. The van der Waals surface area contributed by atoms with Crippen LogP contribution in [0.3, 0.4) is 0 Å². The van der Waals surface area contributed by atoms with E-state index in [0.717, 1.165) is 34.0 Å². The number of nitrogens with one attached hydrogen (secondary N) is 1. The van der Waals surface area contributed by atoms with Gasteiger partial charge in [-0.05, 0) is 68.4 Å². The van der Waals surface area contributed by atoms with E-state index in [-0.39, 0.29) is 18.7 Å². The van der Waals surface area contributed by atoms with Gasteiger partial charge < -0.3 is 19.9 Å². The molecule has 6 nitrogen and oxygen atoms in total. The number of hydrogen-bond acceptors (Lipinski definition) is 4. The van der Waals surface area contributed by atoms with Gasteiger partial charge in [0.15, 0.2) is 5.11 Å². The molecule has 0 spiro atoms. The van der Waals surface area contributed by atoms with E-state index in [1.54, 1.807) is 6.20 Å². The first-order valence-electron chi connectivity index (χ1n) is 9.72. The molecule has 29 heavy (non-hydrogen) atoms. The highest BCUT2D eigenvalue weighted by molar-refractivity contribution is 7.80. The Labute approximate surface area is 176 Å². The summed E-state index contributed by atoms with van der Waals surface area (Å²) < 4.78 is 2.19. The zero-order chi connectivity index (χ0) is 20.5. The summed E-state index contributed by atoms with van der Waals surface area (Å²) in [5, 5.41) is 13.7. The number of thiocarbonyl (C=S) groups is 1. The molecule has 0 unspecified atom stereocenters. The largest absolute Gasteiger partial charge is 0.395 e. The van der Waals surface area contributed by atoms with Gasteiger partial charge in [-0.2, -0.15) is 0 Å². The Bertz CT molecular complexity index is 1030. The van der Waals surface area contributed by atoms with Crippen molar-refractivity contribution >= 4 is 17.3 Å². The average Bonchev–Trinajstić information content (AvgIpc) is 3.19. The SMILES string of the molecule is Cc1cccnc1-n1c(C)cc([C@H]2[C@@H](c3ccccn3)NC(=S)N2CCO)c1C. The van der Waals surface area contributed by atoms with Crippen molar-refractivity contribution in [1.29, 1.82) is 0 Å². The molecule has 0 saturated carbocycles. The second kappa shape index (κ2) is 7.93. The van der Waals surface area contributed by atoms with Crippen molar-refractivity contribution in [2.24, 2.45) is 0 Å². The predicted molar refractivity (Wildman–Crippen MR) is 117 cm³/mol. The molecule has 2 atom stereocenters. The third-order valence-electron chi connectivity index (χ3n) is 5.52. The van der Waals surface area contributed by atoms with Crippen molar-refractivity contribution in [2.45, 2.75) is 32.9 Å². The van der Waals surface area contributed by atoms with Gasteiger partial charge in [0.1, 0.15) is 5.82 Å². The average molecular weight is 408 g/mol. The molecular formula is C22H25N5OS. The van der Waals surface area contributed by atoms with Crippen LogP contribution in [-0.2, 0) is 0 Å². The third kappa shape index (κ3) is 3.41. The second-order valence-electron chi connectivity index (χ2n) is 7.35. The Morgan fingerprint density at radius 2 is 1.90 bits per heavy atom. The van der Waals surface area contributed by atoms with Crippen LogP contribution < -0.4 is 5.32 Å². The Hall–Kier alpha value is -2.77. The topological polar surface area (TPSA) is 66.2 Å². The molecule has 0 amide bonds. The number of aryl methyl sites for hydroxylation is 2. The van der Waals surface area contributed by atoms with Crippen LogP contribution in [0.15, 0.2) is 48.8 Å². The van der Waals surface area contributed by atoms with Gasteiger partial charge in [0, 0.05) is 30.3 Å². The number of rotatable bonds is 5. The molecular weight excluding hydrogens is 382 g/mol. The molecule has 150 valence electrons. The Morgan fingerprint density at radius 3 is 2.59 bits per heavy atom. The lowest BCUT2D eigenvalue weighted by molar-refractivity contribution is 0.223. The van der Waals surface area contributed by atoms with Crippen molar-refractivity contribution in [1.82, 2.24) is 24.8 Å². The zero-order valence-corrected chi connectivity index (χ0v) is 17.6. The summed E-state index contributed by atoms with van der Waals surface area (Å²) >= 11 is 5.61. The van der Waals surface area contributed by atoms with Crippen molar-refractivity contribution in [3.05, 3.63) is 77.0 Å². The molecule has 4 heterocycles. The quantitative estimate of drug-likeness (QED) is 0.634. The second-order valence-corrected chi connectivity index (χ2v) is 7.74. The number of pyridine rings is 2. The van der Waals surface area contributed by atoms with E-state index in [4.69, 9.17) is 12.2 Å². The molecule has 2 N–H and O–H groups in total. The fourth-order valence-corrected chi connectivity index (χ4v) is 4.55. The van der Waals surface area contributed by atoms with Crippen molar-refractivity contribution in [3.63, 3.8) is 0 Å². The van der Waals surface area contributed by atoms with E-state index < -0.39 is 0 Å². The number of nitrogens with zero attached hydrogens (tertiary/aromatic N) is 4. The molecule has 0 radical (unpaired) electrons. The summed E-state index contributed by atoms with van der Waals surface area (Å²) in [6, 6.07) is 12.0. The zero-order valence-electron chi connectivity index (χ0n) is 16.8. The van der Waals surface area contributed by atoms with Crippen LogP contribution in [0.5, 0.6) is 0 Å². The molecule has 0 aliphatic carbocycles. The Balaban J connectivity index is 1.85. The highest BCUT2D eigenvalue weighted by atomic mass is 32.1. The number of aliphatic hydroxyl groups excluding tert-OH is 1. The first kappa shape index (κ1) is 19.5. The minimum absolute atomic E-state index is 0.0331. The van der Waals surface area contributed by atoms with E-state index >= 15 is 0 Å². The molecule has 1 aliphatic heterocycles. The van der Waals surface area contributed by atoms with Crippen LogP contribution in [-0.4, -0.2) is 42.8 Å². The fraction of sp³-hybridized carbons (Fsp3) is 0.318. The van der Waals surface area contributed by atoms with Gasteiger partial charge in [0.2, 0.25) is 0 Å². The minimum Gasteiger partial charge on any atom is -0.395 e. The van der Waals surface area contributed by atoms with Gasteiger partial charge in [-0.3, -0.25) is 4.98 Å². The van der Waals surface area contributed by atoms with E-state index in [1.807, 2.05) is 30.5 Å². The van der Waals surface area contributed by atoms with E-state index in [2.05, 4.69) is 57.7 Å². The lowest BCUT2D eigenvalue weighted by Gasteiger charge is -2.27. The summed E-state index contributed by atoms with van der Waals surface area (Å²) in [4.78, 5) is 11.2. The lowest BCUT2D eigenvalue weighted by Crippen LogP contribution is -2.32. The maximum Gasteiger partial charge on any atom is 0.170 e. The summed E-state index contributed by atoms with van der Waals surface area (Å²) in [6.07, 6.45) is 3.62.